The summed E-state index contributed by atoms with van der Waals surface area (Å²) < 4.78 is 2.33. The highest BCUT2D eigenvalue weighted by molar-refractivity contribution is 9.10. The third-order valence-corrected chi connectivity index (χ3v) is 7.69. The molecule has 5 rings (SSSR count). The van der Waals surface area contributed by atoms with Gasteiger partial charge in [-0.15, -0.1) is 0 Å². The van der Waals surface area contributed by atoms with Crippen LogP contribution in [0.15, 0.2) is 69.1 Å². The minimum atomic E-state index is 0.443. The lowest BCUT2D eigenvalue weighted by atomic mass is 9.85. The zero-order chi connectivity index (χ0) is 21.0. The van der Waals surface area contributed by atoms with Crippen LogP contribution in [0.3, 0.4) is 0 Å². The van der Waals surface area contributed by atoms with Crippen molar-refractivity contribution in [1.82, 2.24) is 0 Å². The van der Waals surface area contributed by atoms with E-state index in [1.807, 2.05) is 0 Å². The van der Waals surface area contributed by atoms with E-state index in [-0.39, 0.29) is 0 Å². The van der Waals surface area contributed by atoms with Crippen LogP contribution in [-0.2, 0) is 0 Å². The normalized spacial score (nSPS) is 16.8. The first-order chi connectivity index (χ1) is 14.4. The predicted octanol–water partition coefficient (Wildman–Crippen LogP) is 8.37. The Morgan fingerprint density at radius 2 is 1.37 bits per heavy atom. The van der Waals surface area contributed by atoms with Crippen LogP contribution in [0.1, 0.15) is 53.9 Å². The third-order valence-electron chi connectivity index (χ3n) is 6.71. The number of halogens is 2. The smallest absolute Gasteiger partial charge is 0.0437 e. The molecule has 0 amide bonds. The van der Waals surface area contributed by atoms with Crippen LogP contribution >= 0.6 is 31.9 Å². The second kappa shape index (κ2) is 7.69. The lowest BCUT2D eigenvalue weighted by Gasteiger charge is -2.21. The first-order valence-corrected chi connectivity index (χ1v) is 12.1. The summed E-state index contributed by atoms with van der Waals surface area (Å²) in [5.41, 5.74) is 11.4. The minimum Gasteiger partial charge on any atom is -0.377 e. The van der Waals surface area contributed by atoms with Crippen LogP contribution in [-0.4, -0.2) is 14.1 Å². The van der Waals surface area contributed by atoms with Gasteiger partial charge in [-0.25, -0.2) is 0 Å². The Morgan fingerprint density at radius 1 is 0.767 bits per heavy atom. The third kappa shape index (κ3) is 3.27. The molecule has 1 unspecified atom stereocenters. The van der Waals surface area contributed by atoms with Crippen molar-refractivity contribution < 1.29 is 0 Å². The zero-order valence-electron chi connectivity index (χ0n) is 17.5. The molecule has 0 N–H and O–H groups in total. The van der Waals surface area contributed by atoms with Crippen molar-refractivity contribution in [2.24, 2.45) is 0 Å². The molecular formula is C27H25Br2N. The van der Waals surface area contributed by atoms with Gasteiger partial charge in [0.25, 0.3) is 0 Å². The number of nitrogens with zero attached hydrogens (tertiary/aromatic N) is 1. The second-order valence-electron chi connectivity index (χ2n) is 8.71. The molecule has 1 nitrogen and oxygen atoms in total. The summed E-state index contributed by atoms with van der Waals surface area (Å²) >= 11 is 7.40. The molecule has 2 aliphatic carbocycles. The summed E-state index contributed by atoms with van der Waals surface area (Å²) in [6.07, 6.45) is 4.71. The van der Waals surface area contributed by atoms with Crippen molar-refractivity contribution in [2.75, 3.05) is 19.0 Å². The summed E-state index contributed by atoms with van der Waals surface area (Å²) in [6, 6.07) is 20.3. The van der Waals surface area contributed by atoms with Gasteiger partial charge in [0.05, 0.1) is 0 Å². The highest BCUT2D eigenvalue weighted by Crippen LogP contribution is 2.51. The fourth-order valence-electron chi connectivity index (χ4n) is 5.32. The highest BCUT2D eigenvalue weighted by Gasteiger charge is 2.31. The molecule has 152 valence electrons. The number of fused-ring (bicyclic) bond motifs is 4. The summed E-state index contributed by atoms with van der Waals surface area (Å²) in [5.74, 6) is 0.950. The fraction of sp³-hybridized carbons (Fsp3) is 0.259. The number of anilines is 1. The van der Waals surface area contributed by atoms with Crippen LogP contribution in [0.5, 0.6) is 0 Å². The standard InChI is InChI=1S/C27H25Br2N/c1-16-13-26-20(5-4-6-27(26)30(2)3)19(16)11-12-23-24-14-17(28)7-9-21(24)22-10-8-18(29)15-25(22)23/h4-10,13-15,19,23H,11-12H2,1-3H3. The Kier molecular flexibility index (Phi) is 5.15. The molecule has 0 bridgehead atoms. The molecule has 30 heavy (non-hydrogen) atoms. The lowest BCUT2D eigenvalue weighted by molar-refractivity contribution is 0.618. The molecule has 2 aliphatic rings. The van der Waals surface area contributed by atoms with Crippen molar-refractivity contribution in [3.63, 3.8) is 0 Å². The second-order valence-corrected chi connectivity index (χ2v) is 10.5. The van der Waals surface area contributed by atoms with Crippen molar-refractivity contribution in [3.05, 3.63) is 91.4 Å². The molecule has 0 saturated heterocycles. The maximum absolute atomic E-state index is 3.70. The van der Waals surface area contributed by atoms with E-state index in [0.29, 0.717) is 11.8 Å². The molecule has 0 spiro atoms. The SMILES string of the molecule is CC1=Cc2c(cccc2N(C)C)C1CCC1c2cc(Br)ccc2-c2ccc(Br)cc21. The van der Waals surface area contributed by atoms with E-state index in [9.17, 15) is 0 Å². The maximum Gasteiger partial charge on any atom is 0.0437 e. The van der Waals surface area contributed by atoms with Crippen LogP contribution < -0.4 is 4.90 Å². The van der Waals surface area contributed by atoms with Crippen molar-refractivity contribution >= 4 is 43.6 Å². The molecule has 3 aromatic carbocycles. The first kappa shape index (κ1) is 20.1. The lowest BCUT2D eigenvalue weighted by Crippen LogP contribution is -2.11. The van der Waals surface area contributed by atoms with Gasteiger partial charge in [0.2, 0.25) is 0 Å². The maximum atomic E-state index is 3.70. The van der Waals surface area contributed by atoms with E-state index in [1.54, 1.807) is 0 Å². The number of rotatable bonds is 4. The first-order valence-electron chi connectivity index (χ1n) is 10.5. The Hall–Kier alpha value is -1.84. The van der Waals surface area contributed by atoms with E-state index >= 15 is 0 Å². The minimum absolute atomic E-state index is 0.443. The summed E-state index contributed by atoms with van der Waals surface area (Å²) in [4.78, 5) is 2.23. The van der Waals surface area contributed by atoms with Gasteiger partial charge < -0.3 is 4.90 Å². The molecule has 3 heteroatoms. The molecule has 0 aliphatic heterocycles. The van der Waals surface area contributed by atoms with Crippen LogP contribution in [0.2, 0.25) is 0 Å². The van der Waals surface area contributed by atoms with Gasteiger partial charge in [-0.2, -0.15) is 0 Å². The average molecular weight is 523 g/mol. The van der Waals surface area contributed by atoms with Gasteiger partial charge in [-0.3, -0.25) is 0 Å². The fourth-order valence-corrected chi connectivity index (χ4v) is 6.08. The number of benzene rings is 3. The topological polar surface area (TPSA) is 3.24 Å². The van der Waals surface area contributed by atoms with E-state index in [4.69, 9.17) is 0 Å². The molecule has 0 saturated carbocycles. The van der Waals surface area contributed by atoms with Gasteiger partial charge in [0, 0.05) is 46.1 Å². The molecule has 0 fully saturated rings. The Balaban J connectivity index is 1.49. The van der Waals surface area contributed by atoms with Gasteiger partial charge >= 0.3 is 0 Å². The Bertz CT molecular complexity index is 1120. The van der Waals surface area contributed by atoms with Gasteiger partial charge in [0.1, 0.15) is 0 Å². The Labute approximate surface area is 196 Å². The van der Waals surface area contributed by atoms with Crippen LogP contribution in [0.4, 0.5) is 5.69 Å². The van der Waals surface area contributed by atoms with Gasteiger partial charge in [-0.05, 0) is 77.9 Å². The summed E-state index contributed by atoms with van der Waals surface area (Å²) in [7, 11) is 4.27. The number of hydrogen-bond donors (Lipinski definition) is 0. The van der Waals surface area contributed by atoms with E-state index in [2.05, 4.69) is 118 Å². The van der Waals surface area contributed by atoms with Crippen molar-refractivity contribution in [2.45, 2.75) is 31.6 Å². The highest BCUT2D eigenvalue weighted by atomic mass is 79.9. The zero-order valence-corrected chi connectivity index (χ0v) is 20.7. The van der Waals surface area contributed by atoms with E-state index in [1.165, 1.54) is 44.6 Å². The quantitative estimate of drug-likeness (QED) is 0.332. The van der Waals surface area contributed by atoms with Gasteiger partial charge in [0.15, 0.2) is 0 Å². The van der Waals surface area contributed by atoms with Crippen molar-refractivity contribution in [3.8, 4) is 11.1 Å². The van der Waals surface area contributed by atoms with E-state index in [0.717, 1.165) is 21.8 Å². The molecule has 3 aromatic rings. The van der Waals surface area contributed by atoms with Crippen molar-refractivity contribution in [1.29, 1.82) is 0 Å². The predicted molar refractivity (Wildman–Crippen MR) is 136 cm³/mol. The van der Waals surface area contributed by atoms with Crippen LogP contribution in [0, 0.1) is 0 Å². The molecule has 0 heterocycles. The van der Waals surface area contributed by atoms with Crippen LogP contribution in [0.25, 0.3) is 17.2 Å². The van der Waals surface area contributed by atoms with E-state index < -0.39 is 0 Å². The average Bonchev–Trinajstić information content (AvgIpc) is 3.19. The molecule has 0 aromatic heterocycles. The number of allylic oxidation sites excluding steroid dienone is 1. The van der Waals surface area contributed by atoms with Gasteiger partial charge in [-0.1, -0.05) is 67.8 Å². The monoisotopic (exact) mass is 521 g/mol. The number of hydrogen-bond acceptors (Lipinski definition) is 1. The molecular weight excluding hydrogens is 498 g/mol. The summed E-state index contributed by atoms with van der Waals surface area (Å²) in [5, 5.41) is 0. The summed E-state index contributed by atoms with van der Waals surface area (Å²) in [6.45, 7) is 2.30. The Morgan fingerprint density at radius 3 is 1.97 bits per heavy atom. The largest absolute Gasteiger partial charge is 0.377 e. The molecule has 1 atom stereocenters. The molecule has 0 radical (unpaired) electrons.